The lowest BCUT2D eigenvalue weighted by atomic mass is 10.1. The number of fused-ring (bicyclic) bond motifs is 2. The number of aryl methyl sites for hydroxylation is 2. The molecular formula is C29H34N8O. The van der Waals surface area contributed by atoms with Crippen molar-refractivity contribution < 1.29 is 4.74 Å². The Kier molecular flexibility index (Phi) is 6.23. The first-order valence-electron chi connectivity index (χ1n) is 13.2. The third-order valence-corrected chi connectivity index (χ3v) is 7.39. The maximum Gasteiger partial charge on any atom is 0.197 e. The highest BCUT2D eigenvalue weighted by atomic mass is 16.5. The number of anilines is 1. The van der Waals surface area contributed by atoms with E-state index in [0.717, 1.165) is 65.6 Å². The molecule has 38 heavy (non-hydrogen) atoms. The summed E-state index contributed by atoms with van der Waals surface area (Å²) in [6, 6.07) is 12.9. The number of pyridine rings is 2. The highest BCUT2D eigenvalue weighted by Gasteiger charge is 2.19. The van der Waals surface area contributed by atoms with E-state index in [1.165, 1.54) is 18.6 Å². The van der Waals surface area contributed by atoms with Crippen molar-refractivity contribution in [3.05, 3.63) is 54.6 Å². The van der Waals surface area contributed by atoms with Gasteiger partial charge in [-0.15, -0.1) is 0 Å². The van der Waals surface area contributed by atoms with E-state index in [1.807, 2.05) is 26.2 Å². The third-order valence-electron chi connectivity index (χ3n) is 7.39. The van der Waals surface area contributed by atoms with Crippen LogP contribution in [0, 0.1) is 12.8 Å². The summed E-state index contributed by atoms with van der Waals surface area (Å²) in [5.41, 5.74) is 7.72. The molecule has 0 radical (unpaired) electrons. The van der Waals surface area contributed by atoms with Gasteiger partial charge < -0.3 is 14.2 Å². The lowest BCUT2D eigenvalue weighted by molar-refractivity contribution is 0.231. The number of imidazole rings is 1. The molecule has 0 spiro atoms. The molecule has 1 aromatic carbocycles. The molecule has 5 heterocycles. The van der Waals surface area contributed by atoms with E-state index < -0.39 is 0 Å². The van der Waals surface area contributed by atoms with Gasteiger partial charge in [-0.2, -0.15) is 5.10 Å². The van der Waals surface area contributed by atoms with Crippen molar-refractivity contribution >= 4 is 22.4 Å². The van der Waals surface area contributed by atoms with Crippen molar-refractivity contribution in [1.82, 2.24) is 34.0 Å². The molecule has 0 amide bonds. The Morgan fingerprint density at radius 1 is 0.974 bits per heavy atom. The Hall–Kier alpha value is -3.98. The summed E-state index contributed by atoms with van der Waals surface area (Å²) in [6.45, 7) is 12.2. The molecule has 0 atom stereocenters. The minimum Gasteiger partial charge on any atom is -0.493 e. The van der Waals surface area contributed by atoms with E-state index >= 15 is 0 Å². The lowest BCUT2D eigenvalue weighted by Gasteiger charge is -2.36. The molecule has 1 saturated heterocycles. The van der Waals surface area contributed by atoms with Crippen molar-refractivity contribution in [3.63, 3.8) is 0 Å². The third kappa shape index (κ3) is 4.36. The van der Waals surface area contributed by atoms with E-state index in [1.54, 1.807) is 11.6 Å². The maximum absolute atomic E-state index is 5.56. The molecule has 9 heteroatoms. The zero-order valence-corrected chi connectivity index (χ0v) is 22.7. The second kappa shape index (κ2) is 9.72. The largest absolute Gasteiger partial charge is 0.493 e. The fourth-order valence-electron chi connectivity index (χ4n) is 5.46. The van der Waals surface area contributed by atoms with Crippen molar-refractivity contribution in [2.24, 2.45) is 13.0 Å². The van der Waals surface area contributed by atoms with Crippen LogP contribution in [0.2, 0.25) is 0 Å². The number of ether oxygens (including phenoxy) is 1. The van der Waals surface area contributed by atoms with Crippen molar-refractivity contribution in [2.45, 2.75) is 20.8 Å². The molecule has 4 aromatic heterocycles. The molecule has 1 fully saturated rings. The molecule has 9 nitrogen and oxygen atoms in total. The van der Waals surface area contributed by atoms with Crippen LogP contribution in [0.25, 0.3) is 39.3 Å². The van der Waals surface area contributed by atoms with Gasteiger partial charge in [-0.05, 0) is 37.1 Å². The molecule has 5 aromatic rings. The average molecular weight is 511 g/mol. The number of hydrogen-bond acceptors (Lipinski definition) is 7. The van der Waals surface area contributed by atoms with Gasteiger partial charge in [0.25, 0.3) is 0 Å². The minimum absolute atomic E-state index is 0.656. The standard InChI is InChI=1S/C29H34N8O/c1-19(2)16-35-10-12-36(13-11-35)23-8-6-21(7-9-23)24-15-25-27(20(3)32-24)33-28(34(25)4)22-14-26(38-5)29-30-18-31-37(29)17-22/h6-9,14-15,17-19H,10-13,16H2,1-5H3. The molecule has 6 rings (SSSR count). The Morgan fingerprint density at radius 2 is 1.74 bits per heavy atom. The van der Waals surface area contributed by atoms with E-state index in [-0.39, 0.29) is 0 Å². The summed E-state index contributed by atoms with van der Waals surface area (Å²) < 4.78 is 9.38. The molecule has 196 valence electrons. The quantitative estimate of drug-likeness (QED) is 0.334. The van der Waals surface area contributed by atoms with Gasteiger partial charge in [-0.1, -0.05) is 26.0 Å². The topological polar surface area (TPSA) is 76.6 Å². The van der Waals surface area contributed by atoms with Crippen LogP contribution in [-0.2, 0) is 7.05 Å². The maximum atomic E-state index is 5.56. The fourth-order valence-corrected chi connectivity index (χ4v) is 5.46. The molecule has 1 aliphatic rings. The Balaban J connectivity index is 1.29. The summed E-state index contributed by atoms with van der Waals surface area (Å²) >= 11 is 0. The monoisotopic (exact) mass is 510 g/mol. The van der Waals surface area contributed by atoms with Gasteiger partial charge in [-0.25, -0.2) is 14.5 Å². The van der Waals surface area contributed by atoms with Gasteiger partial charge in [0.05, 0.1) is 24.0 Å². The van der Waals surface area contributed by atoms with Gasteiger partial charge >= 0.3 is 0 Å². The molecular weight excluding hydrogens is 476 g/mol. The van der Waals surface area contributed by atoms with Crippen LogP contribution in [0.3, 0.4) is 0 Å². The minimum atomic E-state index is 0.656. The number of rotatable bonds is 6. The smallest absolute Gasteiger partial charge is 0.197 e. The SMILES string of the molecule is COc1cc(-c2nc3c(C)nc(-c4ccc(N5CCN(CC(C)C)CC5)cc4)cc3n2C)cn2ncnc12. The first-order chi connectivity index (χ1) is 18.4. The Bertz CT molecular complexity index is 1590. The predicted octanol–water partition coefficient (Wildman–Crippen LogP) is 4.44. The lowest BCUT2D eigenvalue weighted by Crippen LogP contribution is -2.47. The predicted molar refractivity (Wildman–Crippen MR) is 151 cm³/mol. The first kappa shape index (κ1) is 24.4. The number of piperazine rings is 1. The number of aromatic nitrogens is 6. The summed E-state index contributed by atoms with van der Waals surface area (Å²) in [4.78, 5) is 19.2. The number of nitrogens with zero attached hydrogens (tertiary/aromatic N) is 8. The Morgan fingerprint density at radius 3 is 2.45 bits per heavy atom. The Labute approximate surface area is 222 Å². The molecule has 0 bridgehead atoms. The summed E-state index contributed by atoms with van der Waals surface area (Å²) in [5.74, 6) is 2.19. The first-order valence-corrected chi connectivity index (χ1v) is 13.2. The number of methoxy groups -OCH3 is 1. The van der Waals surface area contributed by atoms with E-state index in [4.69, 9.17) is 14.7 Å². The zero-order valence-electron chi connectivity index (χ0n) is 22.7. The van der Waals surface area contributed by atoms with Crippen LogP contribution >= 0.6 is 0 Å². The molecule has 0 N–H and O–H groups in total. The van der Waals surface area contributed by atoms with Crippen LogP contribution in [0.4, 0.5) is 5.69 Å². The second-order valence-electron chi connectivity index (χ2n) is 10.5. The van der Waals surface area contributed by atoms with E-state index in [0.29, 0.717) is 17.3 Å². The van der Waals surface area contributed by atoms with Crippen LogP contribution in [0.5, 0.6) is 5.75 Å². The van der Waals surface area contributed by atoms with Gasteiger partial charge in [0.2, 0.25) is 0 Å². The second-order valence-corrected chi connectivity index (χ2v) is 10.5. The van der Waals surface area contributed by atoms with Crippen LogP contribution in [-0.4, -0.2) is 73.9 Å². The zero-order chi connectivity index (χ0) is 26.4. The van der Waals surface area contributed by atoms with Crippen molar-refractivity contribution in [1.29, 1.82) is 0 Å². The van der Waals surface area contributed by atoms with Gasteiger partial charge in [-0.3, -0.25) is 9.88 Å². The van der Waals surface area contributed by atoms with Crippen LogP contribution in [0.15, 0.2) is 48.9 Å². The molecule has 1 aliphatic heterocycles. The molecule has 0 aliphatic carbocycles. The van der Waals surface area contributed by atoms with Gasteiger partial charge in [0.15, 0.2) is 11.4 Å². The highest BCUT2D eigenvalue weighted by Crippen LogP contribution is 2.32. The summed E-state index contributed by atoms with van der Waals surface area (Å²) in [6.07, 6.45) is 3.45. The highest BCUT2D eigenvalue weighted by molar-refractivity contribution is 5.86. The number of hydrogen-bond donors (Lipinski definition) is 0. The fraction of sp³-hybridized carbons (Fsp3) is 0.379. The summed E-state index contributed by atoms with van der Waals surface area (Å²) in [5, 5.41) is 4.29. The van der Waals surface area contributed by atoms with Gasteiger partial charge in [0.1, 0.15) is 17.7 Å². The normalized spacial score (nSPS) is 14.7. The van der Waals surface area contributed by atoms with Gasteiger partial charge in [0, 0.05) is 62.8 Å². The van der Waals surface area contributed by atoms with Crippen molar-refractivity contribution in [2.75, 3.05) is 44.7 Å². The van der Waals surface area contributed by atoms with E-state index in [9.17, 15) is 0 Å². The number of benzene rings is 1. The van der Waals surface area contributed by atoms with Crippen LogP contribution in [0.1, 0.15) is 19.5 Å². The van der Waals surface area contributed by atoms with Crippen molar-refractivity contribution in [3.8, 4) is 28.4 Å². The summed E-state index contributed by atoms with van der Waals surface area (Å²) in [7, 11) is 3.68. The molecule has 0 saturated carbocycles. The van der Waals surface area contributed by atoms with Crippen LogP contribution < -0.4 is 9.64 Å². The molecule has 0 unspecified atom stereocenters. The van der Waals surface area contributed by atoms with E-state index in [2.05, 4.69) is 68.6 Å². The average Bonchev–Trinajstić information content (AvgIpc) is 3.53.